The van der Waals surface area contributed by atoms with E-state index in [4.69, 9.17) is 5.11 Å². The predicted molar refractivity (Wildman–Crippen MR) is 142 cm³/mol. The van der Waals surface area contributed by atoms with Crippen molar-refractivity contribution < 1.29 is 14.7 Å². The van der Waals surface area contributed by atoms with Gasteiger partial charge in [-0.05, 0) is 38.5 Å². The Hall–Kier alpha value is -1.06. The minimum absolute atomic E-state index is 0.329. The molecule has 0 bridgehead atoms. The number of carbonyl (C=O) groups is 2. The minimum atomic E-state index is -0.663. The van der Waals surface area contributed by atoms with Crippen LogP contribution in [0.2, 0.25) is 0 Å². The van der Waals surface area contributed by atoms with Crippen LogP contribution in [0.1, 0.15) is 167 Å². The Labute approximate surface area is 210 Å². The highest BCUT2D eigenvalue weighted by Gasteiger charge is 2.31. The summed E-state index contributed by atoms with van der Waals surface area (Å²) in [7, 11) is 0. The Kier molecular flexibility index (Phi) is 16.4. The molecule has 2 aliphatic rings. The molecule has 1 amide bonds. The molecule has 34 heavy (non-hydrogen) atoms. The lowest BCUT2D eigenvalue weighted by Gasteiger charge is -2.42. The van der Waals surface area contributed by atoms with Gasteiger partial charge in [0, 0.05) is 24.9 Å². The van der Waals surface area contributed by atoms with Gasteiger partial charge in [-0.2, -0.15) is 0 Å². The van der Waals surface area contributed by atoms with E-state index in [-0.39, 0.29) is 0 Å². The van der Waals surface area contributed by atoms with Crippen LogP contribution in [0, 0.1) is 0 Å². The molecule has 2 aliphatic carbocycles. The molecule has 4 heteroatoms. The number of hydrogen-bond acceptors (Lipinski definition) is 2. The van der Waals surface area contributed by atoms with Gasteiger partial charge in [-0.1, -0.05) is 116 Å². The van der Waals surface area contributed by atoms with Crippen molar-refractivity contribution in [1.29, 1.82) is 0 Å². The molecular formula is C30H55NO3. The number of carboxylic acids is 1. The van der Waals surface area contributed by atoms with Gasteiger partial charge in [0.25, 0.3) is 0 Å². The van der Waals surface area contributed by atoms with Crippen LogP contribution < -0.4 is 0 Å². The summed E-state index contributed by atoms with van der Waals surface area (Å²) in [6.45, 7) is 0. The quantitative estimate of drug-likeness (QED) is 0.189. The zero-order chi connectivity index (χ0) is 24.3. The van der Waals surface area contributed by atoms with Gasteiger partial charge in [-0.3, -0.25) is 9.59 Å². The molecule has 1 N–H and O–H groups in total. The molecule has 0 saturated heterocycles. The van der Waals surface area contributed by atoms with Crippen LogP contribution in [-0.4, -0.2) is 34.0 Å². The minimum Gasteiger partial charge on any atom is -0.481 e. The number of aliphatic carboxylic acids is 1. The molecule has 0 unspecified atom stereocenters. The smallest absolute Gasteiger partial charge is 0.303 e. The second kappa shape index (κ2) is 19.2. The largest absolute Gasteiger partial charge is 0.481 e. The standard InChI is InChI=1S/C30H55NO3/c32-29(31(27-21-15-13-16-22-27)28-23-17-14-18-24-28)25-19-11-9-7-5-3-1-2-4-6-8-10-12-20-26-30(33)34/h27-28H,1-26H2,(H,33,34). The first-order chi connectivity index (χ1) is 16.7. The average Bonchev–Trinajstić information content (AvgIpc) is 2.85. The number of hydrogen-bond donors (Lipinski definition) is 1. The second-order valence-corrected chi connectivity index (χ2v) is 11.2. The van der Waals surface area contributed by atoms with Crippen LogP contribution in [0.15, 0.2) is 0 Å². The van der Waals surface area contributed by atoms with Crippen LogP contribution >= 0.6 is 0 Å². The Balaban J connectivity index is 1.43. The van der Waals surface area contributed by atoms with Crippen LogP contribution in [-0.2, 0) is 9.59 Å². The zero-order valence-electron chi connectivity index (χ0n) is 22.3. The summed E-state index contributed by atoms with van der Waals surface area (Å²) in [4.78, 5) is 26.1. The van der Waals surface area contributed by atoms with Crippen LogP contribution in [0.3, 0.4) is 0 Å². The molecule has 4 nitrogen and oxygen atoms in total. The van der Waals surface area contributed by atoms with E-state index in [2.05, 4.69) is 4.90 Å². The van der Waals surface area contributed by atoms with E-state index < -0.39 is 5.97 Å². The molecule has 2 saturated carbocycles. The molecule has 0 spiro atoms. The molecule has 0 aromatic carbocycles. The van der Waals surface area contributed by atoms with Gasteiger partial charge in [0.05, 0.1) is 0 Å². The highest BCUT2D eigenvalue weighted by molar-refractivity contribution is 5.77. The van der Waals surface area contributed by atoms with Crippen molar-refractivity contribution in [2.75, 3.05) is 0 Å². The van der Waals surface area contributed by atoms with Crippen molar-refractivity contribution in [1.82, 2.24) is 4.90 Å². The van der Waals surface area contributed by atoms with E-state index in [0.29, 0.717) is 24.4 Å². The number of nitrogens with zero attached hydrogens (tertiary/aromatic N) is 1. The van der Waals surface area contributed by atoms with E-state index in [9.17, 15) is 9.59 Å². The molecule has 0 radical (unpaired) electrons. The first kappa shape index (κ1) is 29.2. The first-order valence-electron chi connectivity index (χ1n) is 15.2. The molecular weight excluding hydrogens is 422 g/mol. The summed E-state index contributed by atoms with van der Waals surface area (Å²) in [6, 6.07) is 1.09. The summed E-state index contributed by atoms with van der Waals surface area (Å²) < 4.78 is 0. The van der Waals surface area contributed by atoms with Crippen LogP contribution in [0.5, 0.6) is 0 Å². The fourth-order valence-electron chi connectivity index (χ4n) is 6.23. The second-order valence-electron chi connectivity index (χ2n) is 11.2. The Morgan fingerprint density at radius 2 is 0.824 bits per heavy atom. The maximum Gasteiger partial charge on any atom is 0.303 e. The van der Waals surface area contributed by atoms with E-state index in [0.717, 1.165) is 25.7 Å². The summed E-state index contributed by atoms with van der Waals surface area (Å²) in [5.74, 6) is -0.190. The third-order valence-corrected chi connectivity index (χ3v) is 8.26. The highest BCUT2D eigenvalue weighted by atomic mass is 16.4. The normalized spacial score (nSPS) is 17.6. The van der Waals surface area contributed by atoms with Gasteiger partial charge in [0.1, 0.15) is 0 Å². The van der Waals surface area contributed by atoms with E-state index in [1.807, 2.05) is 0 Å². The number of unbranched alkanes of at least 4 members (excludes halogenated alkanes) is 13. The zero-order valence-corrected chi connectivity index (χ0v) is 22.3. The predicted octanol–water partition coefficient (Wildman–Crippen LogP) is 8.81. The van der Waals surface area contributed by atoms with Crippen molar-refractivity contribution >= 4 is 11.9 Å². The van der Waals surface area contributed by atoms with Gasteiger partial charge in [-0.15, -0.1) is 0 Å². The molecule has 0 aromatic heterocycles. The number of carbonyl (C=O) groups excluding carboxylic acids is 1. The molecule has 0 aliphatic heterocycles. The van der Waals surface area contributed by atoms with Crippen LogP contribution in [0.25, 0.3) is 0 Å². The topological polar surface area (TPSA) is 57.6 Å². The van der Waals surface area contributed by atoms with E-state index in [1.165, 1.54) is 135 Å². The maximum atomic E-state index is 13.2. The SMILES string of the molecule is O=C(O)CCCCCCCCCCCCCCCCC(=O)N(C1CCCCC1)C1CCCCC1. The lowest BCUT2D eigenvalue weighted by atomic mass is 9.88. The summed E-state index contributed by atoms with van der Waals surface area (Å²) in [5.41, 5.74) is 0. The molecule has 0 heterocycles. The van der Waals surface area contributed by atoms with E-state index >= 15 is 0 Å². The molecule has 2 fully saturated rings. The summed E-state index contributed by atoms with van der Waals surface area (Å²) in [5, 5.41) is 8.63. The lowest BCUT2D eigenvalue weighted by molar-refractivity contribution is -0.138. The highest BCUT2D eigenvalue weighted by Crippen LogP contribution is 2.31. The summed E-state index contributed by atoms with van der Waals surface area (Å²) >= 11 is 0. The van der Waals surface area contributed by atoms with Gasteiger partial charge >= 0.3 is 5.97 Å². The van der Waals surface area contributed by atoms with Crippen molar-refractivity contribution in [2.45, 2.75) is 179 Å². The van der Waals surface area contributed by atoms with E-state index in [1.54, 1.807) is 0 Å². The summed E-state index contributed by atoms with van der Waals surface area (Å²) in [6.07, 6.45) is 31.4. The Bertz CT molecular complexity index is 505. The molecule has 2 rings (SSSR count). The number of carboxylic acid groups (broad SMARTS) is 1. The molecule has 0 atom stereocenters. The molecule has 0 aromatic rings. The number of amides is 1. The number of rotatable bonds is 19. The van der Waals surface area contributed by atoms with Crippen molar-refractivity contribution in [2.24, 2.45) is 0 Å². The Morgan fingerprint density at radius 3 is 1.18 bits per heavy atom. The van der Waals surface area contributed by atoms with Gasteiger partial charge in [-0.25, -0.2) is 0 Å². The van der Waals surface area contributed by atoms with Gasteiger partial charge in [0.15, 0.2) is 0 Å². The van der Waals surface area contributed by atoms with Gasteiger partial charge < -0.3 is 10.0 Å². The van der Waals surface area contributed by atoms with Crippen molar-refractivity contribution in [3.05, 3.63) is 0 Å². The monoisotopic (exact) mass is 477 g/mol. The average molecular weight is 478 g/mol. The Morgan fingerprint density at radius 1 is 0.500 bits per heavy atom. The fourth-order valence-corrected chi connectivity index (χ4v) is 6.23. The first-order valence-corrected chi connectivity index (χ1v) is 15.2. The lowest BCUT2D eigenvalue weighted by Crippen LogP contribution is -2.48. The third-order valence-electron chi connectivity index (χ3n) is 8.26. The van der Waals surface area contributed by atoms with Gasteiger partial charge in [0.2, 0.25) is 5.91 Å². The van der Waals surface area contributed by atoms with Crippen LogP contribution in [0.4, 0.5) is 0 Å². The molecule has 198 valence electrons. The maximum absolute atomic E-state index is 13.2. The van der Waals surface area contributed by atoms with Crippen molar-refractivity contribution in [3.8, 4) is 0 Å². The van der Waals surface area contributed by atoms with Crippen molar-refractivity contribution in [3.63, 3.8) is 0 Å². The fraction of sp³-hybridized carbons (Fsp3) is 0.933. The third kappa shape index (κ3) is 13.1.